The van der Waals surface area contributed by atoms with Gasteiger partial charge in [0.2, 0.25) is 0 Å². The minimum absolute atomic E-state index is 0.420. The lowest BCUT2D eigenvalue weighted by atomic mass is 10.1. The van der Waals surface area contributed by atoms with Crippen molar-refractivity contribution in [3.63, 3.8) is 0 Å². The van der Waals surface area contributed by atoms with E-state index in [1.807, 2.05) is 0 Å². The fraction of sp³-hybridized carbons (Fsp3) is 0.727. The summed E-state index contributed by atoms with van der Waals surface area (Å²) in [5, 5.41) is 7.70. The predicted octanol–water partition coefficient (Wildman–Crippen LogP) is 0.823. The fourth-order valence-corrected chi connectivity index (χ4v) is 2.30. The molecule has 0 spiro atoms. The van der Waals surface area contributed by atoms with Crippen LogP contribution in [0.3, 0.4) is 0 Å². The second-order valence-electron chi connectivity index (χ2n) is 4.44. The summed E-state index contributed by atoms with van der Waals surface area (Å²) < 4.78 is 1.78. The van der Waals surface area contributed by atoms with Crippen molar-refractivity contribution in [3.05, 3.63) is 11.9 Å². The molecule has 0 bridgehead atoms. The number of carbonyl (C=O) groups is 1. The van der Waals surface area contributed by atoms with Crippen LogP contribution in [0.4, 0.5) is 0 Å². The molecule has 1 saturated heterocycles. The molecule has 16 heavy (non-hydrogen) atoms. The van der Waals surface area contributed by atoms with Crippen molar-refractivity contribution >= 4 is 6.29 Å². The zero-order valence-electron chi connectivity index (χ0n) is 9.67. The van der Waals surface area contributed by atoms with E-state index in [0.29, 0.717) is 11.6 Å². The summed E-state index contributed by atoms with van der Waals surface area (Å²) in [6.07, 6.45) is 4.89. The Hall–Kier alpha value is -1.23. The summed E-state index contributed by atoms with van der Waals surface area (Å²) in [4.78, 5) is 13.0. The van der Waals surface area contributed by atoms with Crippen LogP contribution in [0.5, 0.6) is 0 Å². The van der Waals surface area contributed by atoms with Gasteiger partial charge in [0.25, 0.3) is 0 Å². The average molecular weight is 222 g/mol. The van der Waals surface area contributed by atoms with E-state index in [1.54, 1.807) is 10.9 Å². The van der Waals surface area contributed by atoms with Gasteiger partial charge in [0.05, 0.1) is 6.20 Å². The zero-order chi connectivity index (χ0) is 11.4. The van der Waals surface area contributed by atoms with Gasteiger partial charge in [0.1, 0.15) is 5.69 Å². The number of hydrogen-bond acceptors (Lipinski definition) is 4. The monoisotopic (exact) mass is 222 g/mol. The highest BCUT2D eigenvalue weighted by atomic mass is 16.1. The second kappa shape index (κ2) is 5.21. The lowest BCUT2D eigenvalue weighted by molar-refractivity contribution is 0.111. The lowest BCUT2D eigenvalue weighted by Crippen LogP contribution is -2.22. The fourth-order valence-electron chi connectivity index (χ4n) is 2.30. The first-order valence-electron chi connectivity index (χ1n) is 5.89. The van der Waals surface area contributed by atoms with Crippen molar-refractivity contribution in [1.29, 1.82) is 0 Å². The molecular formula is C11H18N4O. The average Bonchev–Trinajstić information content (AvgIpc) is 2.89. The highest BCUT2D eigenvalue weighted by Crippen LogP contribution is 2.17. The van der Waals surface area contributed by atoms with E-state index >= 15 is 0 Å². The van der Waals surface area contributed by atoms with Gasteiger partial charge in [-0.2, -0.15) is 0 Å². The van der Waals surface area contributed by atoms with Crippen LogP contribution >= 0.6 is 0 Å². The number of aromatic nitrogens is 3. The molecule has 88 valence electrons. The number of hydrogen-bond donors (Lipinski definition) is 0. The number of likely N-dealkylation sites (tertiary alicyclic amines) is 1. The second-order valence-corrected chi connectivity index (χ2v) is 4.44. The van der Waals surface area contributed by atoms with Crippen molar-refractivity contribution in [2.75, 3.05) is 19.6 Å². The number of aldehydes is 1. The van der Waals surface area contributed by atoms with Crippen LogP contribution in [0.15, 0.2) is 6.20 Å². The van der Waals surface area contributed by atoms with Gasteiger partial charge in [-0.3, -0.25) is 9.48 Å². The van der Waals surface area contributed by atoms with Crippen LogP contribution in [-0.2, 0) is 6.54 Å². The Labute approximate surface area is 95.4 Å². The summed E-state index contributed by atoms with van der Waals surface area (Å²) in [7, 11) is 0. The Bertz CT molecular complexity index is 350. The molecule has 5 nitrogen and oxygen atoms in total. The number of nitrogens with zero attached hydrogens (tertiary/aromatic N) is 4. The summed E-state index contributed by atoms with van der Waals surface area (Å²) in [5.74, 6) is 0.646. The maximum atomic E-state index is 10.5. The molecule has 5 heteroatoms. The normalized spacial score (nSPS) is 21.4. The van der Waals surface area contributed by atoms with Crippen LogP contribution in [0.25, 0.3) is 0 Å². The topological polar surface area (TPSA) is 51.0 Å². The Balaban J connectivity index is 1.84. The molecule has 0 saturated carbocycles. The minimum Gasteiger partial charge on any atom is -0.303 e. The Kier molecular flexibility index (Phi) is 3.66. The molecule has 0 unspecified atom stereocenters. The first-order chi connectivity index (χ1) is 7.81. The minimum atomic E-state index is 0.420. The molecule has 0 N–H and O–H groups in total. The molecular weight excluding hydrogens is 204 g/mol. The van der Waals surface area contributed by atoms with Gasteiger partial charge in [-0.05, 0) is 31.8 Å². The third-order valence-corrected chi connectivity index (χ3v) is 3.03. The maximum Gasteiger partial charge on any atom is 0.171 e. The van der Waals surface area contributed by atoms with Crippen LogP contribution in [0.2, 0.25) is 0 Å². The van der Waals surface area contributed by atoms with E-state index in [1.165, 1.54) is 25.9 Å². The van der Waals surface area contributed by atoms with E-state index < -0.39 is 0 Å². The zero-order valence-corrected chi connectivity index (χ0v) is 9.67. The number of carbonyl (C=O) groups excluding carboxylic acids is 1. The van der Waals surface area contributed by atoms with Gasteiger partial charge in [0.15, 0.2) is 6.29 Å². The van der Waals surface area contributed by atoms with Crippen molar-refractivity contribution in [3.8, 4) is 0 Å². The van der Waals surface area contributed by atoms with Crippen LogP contribution < -0.4 is 0 Å². The first kappa shape index (κ1) is 11.3. The van der Waals surface area contributed by atoms with Crippen LogP contribution in [0, 0.1) is 5.92 Å². The molecule has 0 aromatic carbocycles. The summed E-state index contributed by atoms with van der Waals surface area (Å²) >= 11 is 0. The molecule has 1 aromatic heterocycles. The molecule has 1 aromatic rings. The molecule has 1 fully saturated rings. The molecule has 2 rings (SSSR count). The Morgan fingerprint density at radius 3 is 3.19 bits per heavy atom. The standard InChI is InChI=1S/C11H18N4O/c1-2-4-14-5-3-10(6-14)7-15-8-11(9-16)12-13-15/h8-10H,2-7H2,1H3/t10-/m1/s1. The van der Waals surface area contributed by atoms with E-state index in [-0.39, 0.29) is 0 Å². The van der Waals surface area contributed by atoms with Gasteiger partial charge in [0, 0.05) is 13.1 Å². The van der Waals surface area contributed by atoms with Gasteiger partial charge in [-0.1, -0.05) is 12.1 Å². The van der Waals surface area contributed by atoms with Gasteiger partial charge in [-0.25, -0.2) is 0 Å². The highest BCUT2D eigenvalue weighted by molar-refractivity contribution is 5.70. The number of rotatable bonds is 5. The molecule has 0 radical (unpaired) electrons. The third kappa shape index (κ3) is 2.66. The molecule has 0 amide bonds. The van der Waals surface area contributed by atoms with E-state index in [4.69, 9.17) is 0 Å². The predicted molar refractivity (Wildman–Crippen MR) is 60.2 cm³/mol. The maximum absolute atomic E-state index is 10.5. The van der Waals surface area contributed by atoms with Crippen molar-refractivity contribution in [1.82, 2.24) is 19.9 Å². The van der Waals surface area contributed by atoms with Gasteiger partial charge >= 0.3 is 0 Å². The van der Waals surface area contributed by atoms with Crippen LogP contribution in [-0.4, -0.2) is 45.8 Å². The van der Waals surface area contributed by atoms with E-state index in [2.05, 4.69) is 22.1 Å². The molecule has 0 aliphatic carbocycles. The summed E-state index contributed by atoms with van der Waals surface area (Å²) in [5.41, 5.74) is 0.420. The van der Waals surface area contributed by atoms with E-state index in [9.17, 15) is 4.79 Å². The van der Waals surface area contributed by atoms with E-state index in [0.717, 1.165) is 19.4 Å². The van der Waals surface area contributed by atoms with Crippen LogP contribution in [0.1, 0.15) is 30.3 Å². The molecule has 2 heterocycles. The van der Waals surface area contributed by atoms with Crippen molar-refractivity contribution in [2.45, 2.75) is 26.3 Å². The summed E-state index contributed by atoms with van der Waals surface area (Å²) in [6, 6.07) is 0. The third-order valence-electron chi connectivity index (χ3n) is 3.03. The Morgan fingerprint density at radius 1 is 1.62 bits per heavy atom. The Morgan fingerprint density at radius 2 is 2.50 bits per heavy atom. The smallest absolute Gasteiger partial charge is 0.171 e. The van der Waals surface area contributed by atoms with Gasteiger partial charge < -0.3 is 4.90 Å². The molecule has 1 aliphatic rings. The quantitative estimate of drug-likeness (QED) is 0.692. The van der Waals surface area contributed by atoms with Gasteiger partial charge in [-0.15, -0.1) is 5.10 Å². The highest BCUT2D eigenvalue weighted by Gasteiger charge is 2.22. The largest absolute Gasteiger partial charge is 0.303 e. The first-order valence-corrected chi connectivity index (χ1v) is 5.89. The lowest BCUT2D eigenvalue weighted by Gasteiger charge is -2.14. The SMILES string of the molecule is CCCN1CC[C@@H](Cn2cc(C=O)nn2)C1. The van der Waals surface area contributed by atoms with Crippen molar-refractivity contribution in [2.24, 2.45) is 5.92 Å². The van der Waals surface area contributed by atoms with Crippen molar-refractivity contribution < 1.29 is 4.79 Å². The molecule has 1 atom stereocenters. The summed E-state index contributed by atoms with van der Waals surface area (Å²) in [6.45, 7) is 6.60. The molecule has 1 aliphatic heterocycles.